The van der Waals surface area contributed by atoms with Gasteiger partial charge in [-0.25, -0.2) is 4.79 Å². The number of likely N-dealkylation sites (tertiary alicyclic amines) is 1. The van der Waals surface area contributed by atoms with Crippen LogP contribution >= 0.6 is 0 Å². The summed E-state index contributed by atoms with van der Waals surface area (Å²) in [4.78, 5) is 18.7. The highest BCUT2D eigenvalue weighted by Crippen LogP contribution is 2.17. The van der Waals surface area contributed by atoms with Gasteiger partial charge in [0.05, 0.1) is 6.61 Å². The molecule has 0 aromatic heterocycles. The number of aliphatic hydroxyl groups is 1. The molecule has 0 atom stereocenters. The van der Waals surface area contributed by atoms with Gasteiger partial charge in [-0.05, 0) is 31.7 Å². The van der Waals surface area contributed by atoms with Crippen LogP contribution in [-0.4, -0.2) is 78.3 Å². The third-order valence-electron chi connectivity index (χ3n) is 4.33. The Morgan fingerprint density at radius 1 is 1.05 bits per heavy atom. The normalized spacial score (nSPS) is 23.5. The van der Waals surface area contributed by atoms with E-state index < -0.39 is 0 Å². The number of carbonyl (C=O) groups excluding carboxylic acids is 1. The number of rotatable bonds is 2. The lowest BCUT2D eigenvalue weighted by molar-refractivity contribution is 0.135. The van der Waals surface area contributed by atoms with E-state index >= 15 is 0 Å². The van der Waals surface area contributed by atoms with E-state index in [4.69, 9.17) is 5.11 Å². The van der Waals surface area contributed by atoms with Crippen molar-refractivity contribution in [2.45, 2.75) is 26.2 Å². The molecule has 2 aliphatic heterocycles. The summed E-state index contributed by atoms with van der Waals surface area (Å²) in [5, 5.41) is 8.98. The highest BCUT2D eigenvalue weighted by molar-refractivity contribution is 5.74. The molecule has 0 radical (unpaired) electrons. The maximum atomic E-state index is 12.5. The Bertz CT molecular complexity index is 290. The molecule has 1 N–H and O–H groups in total. The number of piperidine rings is 1. The van der Waals surface area contributed by atoms with Crippen LogP contribution in [0.15, 0.2) is 0 Å². The topological polar surface area (TPSA) is 47.0 Å². The van der Waals surface area contributed by atoms with Crippen LogP contribution < -0.4 is 0 Å². The number of nitrogens with zero attached hydrogens (tertiary/aromatic N) is 3. The van der Waals surface area contributed by atoms with E-state index in [-0.39, 0.29) is 12.6 Å². The maximum absolute atomic E-state index is 12.5. The Morgan fingerprint density at radius 3 is 2.42 bits per heavy atom. The molecule has 19 heavy (non-hydrogen) atoms. The molecule has 2 saturated heterocycles. The summed E-state index contributed by atoms with van der Waals surface area (Å²) in [6.07, 6.45) is 3.28. The summed E-state index contributed by atoms with van der Waals surface area (Å²) >= 11 is 0. The van der Waals surface area contributed by atoms with Gasteiger partial charge in [-0.1, -0.05) is 6.92 Å². The zero-order chi connectivity index (χ0) is 13.7. The van der Waals surface area contributed by atoms with Crippen molar-refractivity contribution in [3.63, 3.8) is 0 Å². The highest BCUT2D eigenvalue weighted by Gasteiger charge is 2.26. The van der Waals surface area contributed by atoms with Gasteiger partial charge in [0.2, 0.25) is 0 Å². The second kappa shape index (κ2) is 7.10. The first kappa shape index (κ1) is 14.6. The van der Waals surface area contributed by atoms with Gasteiger partial charge in [-0.2, -0.15) is 0 Å². The van der Waals surface area contributed by atoms with Crippen molar-refractivity contribution in [1.82, 2.24) is 14.7 Å². The lowest BCUT2D eigenvalue weighted by atomic mass is 9.99. The van der Waals surface area contributed by atoms with E-state index in [2.05, 4.69) is 11.8 Å². The number of amides is 2. The minimum absolute atomic E-state index is 0.206. The monoisotopic (exact) mass is 269 g/mol. The number of β-amino-alcohol motifs (C(OH)–C–C–N with tert-alkyl or cyclic N) is 1. The van der Waals surface area contributed by atoms with Gasteiger partial charge >= 0.3 is 6.03 Å². The minimum atomic E-state index is 0.206. The zero-order valence-corrected chi connectivity index (χ0v) is 12.1. The van der Waals surface area contributed by atoms with Gasteiger partial charge in [-0.15, -0.1) is 0 Å². The number of hydrogen-bond donors (Lipinski definition) is 1. The van der Waals surface area contributed by atoms with Gasteiger partial charge < -0.3 is 14.9 Å². The molecule has 2 rings (SSSR count). The average Bonchev–Trinajstić information content (AvgIpc) is 2.65. The predicted octanol–water partition coefficient (Wildman–Crippen LogP) is 0.838. The van der Waals surface area contributed by atoms with E-state index in [1.54, 1.807) is 0 Å². The van der Waals surface area contributed by atoms with Crippen molar-refractivity contribution < 1.29 is 9.90 Å². The first-order valence-corrected chi connectivity index (χ1v) is 7.58. The fourth-order valence-corrected chi connectivity index (χ4v) is 2.93. The Morgan fingerprint density at radius 2 is 1.74 bits per heavy atom. The predicted molar refractivity (Wildman–Crippen MR) is 75.1 cm³/mol. The molecular weight excluding hydrogens is 242 g/mol. The molecule has 5 heteroatoms. The summed E-state index contributed by atoms with van der Waals surface area (Å²) in [7, 11) is 0. The molecule has 0 aromatic carbocycles. The molecule has 2 heterocycles. The first-order valence-electron chi connectivity index (χ1n) is 7.58. The molecule has 2 amide bonds. The molecule has 0 aliphatic carbocycles. The Hall–Kier alpha value is -0.810. The van der Waals surface area contributed by atoms with Crippen molar-refractivity contribution >= 4 is 6.03 Å². The average molecular weight is 269 g/mol. The van der Waals surface area contributed by atoms with Crippen LogP contribution in [0.3, 0.4) is 0 Å². The van der Waals surface area contributed by atoms with Crippen molar-refractivity contribution in [3.05, 3.63) is 0 Å². The van der Waals surface area contributed by atoms with Crippen LogP contribution in [0.5, 0.6) is 0 Å². The van der Waals surface area contributed by atoms with Crippen molar-refractivity contribution in [2.24, 2.45) is 5.92 Å². The Labute approximate surface area is 116 Å². The molecule has 0 aromatic rings. The zero-order valence-electron chi connectivity index (χ0n) is 12.1. The summed E-state index contributed by atoms with van der Waals surface area (Å²) in [6, 6.07) is 0.220. The van der Waals surface area contributed by atoms with E-state index in [1.165, 1.54) is 0 Å². The van der Waals surface area contributed by atoms with E-state index in [9.17, 15) is 4.79 Å². The molecule has 2 aliphatic rings. The first-order chi connectivity index (χ1) is 9.20. The molecule has 0 saturated carbocycles. The Balaban J connectivity index is 1.82. The lowest BCUT2D eigenvalue weighted by Crippen LogP contribution is -2.47. The number of hydrogen-bond acceptors (Lipinski definition) is 3. The molecule has 2 fully saturated rings. The van der Waals surface area contributed by atoms with Crippen LogP contribution in [0.1, 0.15) is 26.2 Å². The van der Waals surface area contributed by atoms with E-state index in [0.29, 0.717) is 0 Å². The van der Waals surface area contributed by atoms with Gasteiger partial charge in [0.25, 0.3) is 0 Å². The lowest BCUT2D eigenvalue weighted by Gasteiger charge is -2.34. The molecule has 5 nitrogen and oxygen atoms in total. The van der Waals surface area contributed by atoms with Crippen molar-refractivity contribution in [2.75, 3.05) is 52.4 Å². The fourth-order valence-electron chi connectivity index (χ4n) is 2.93. The number of urea groups is 1. The third kappa shape index (κ3) is 4.08. The van der Waals surface area contributed by atoms with E-state index in [1.807, 2.05) is 9.80 Å². The van der Waals surface area contributed by atoms with Crippen LogP contribution in [0.25, 0.3) is 0 Å². The third-order valence-corrected chi connectivity index (χ3v) is 4.33. The van der Waals surface area contributed by atoms with E-state index in [0.717, 1.165) is 71.0 Å². The highest BCUT2D eigenvalue weighted by atomic mass is 16.3. The molecular formula is C14H27N3O2. The van der Waals surface area contributed by atoms with Crippen LogP contribution in [0.4, 0.5) is 4.79 Å². The second-order valence-corrected chi connectivity index (χ2v) is 5.86. The number of aliphatic hydroxyl groups excluding tert-OH is 1. The van der Waals surface area contributed by atoms with Crippen molar-refractivity contribution in [1.29, 1.82) is 0 Å². The summed E-state index contributed by atoms with van der Waals surface area (Å²) in [5.74, 6) is 0.758. The Kier molecular flexibility index (Phi) is 5.45. The van der Waals surface area contributed by atoms with Gasteiger partial charge in [0.15, 0.2) is 0 Å². The van der Waals surface area contributed by atoms with Crippen molar-refractivity contribution in [3.8, 4) is 0 Å². The van der Waals surface area contributed by atoms with Gasteiger partial charge in [0.1, 0.15) is 0 Å². The standard InChI is InChI=1S/C14H27N3O2/c1-13-3-7-17(8-4-13)14(19)16-6-2-5-15(9-10-16)11-12-18/h13,18H,2-12H2,1H3. The SMILES string of the molecule is CC1CCN(C(=O)N2CCCN(CCO)CC2)CC1. The van der Waals surface area contributed by atoms with Gasteiger partial charge in [0, 0.05) is 39.3 Å². The fraction of sp³-hybridized carbons (Fsp3) is 0.929. The number of carbonyl (C=O) groups is 1. The van der Waals surface area contributed by atoms with Crippen LogP contribution in [0, 0.1) is 5.92 Å². The second-order valence-electron chi connectivity index (χ2n) is 5.86. The molecule has 0 unspecified atom stereocenters. The molecule has 110 valence electrons. The largest absolute Gasteiger partial charge is 0.395 e. The summed E-state index contributed by atoms with van der Waals surface area (Å²) in [6.45, 7) is 8.55. The molecule has 0 spiro atoms. The molecule has 0 bridgehead atoms. The maximum Gasteiger partial charge on any atom is 0.320 e. The van der Waals surface area contributed by atoms with Crippen LogP contribution in [0.2, 0.25) is 0 Å². The quantitative estimate of drug-likeness (QED) is 0.808. The smallest absolute Gasteiger partial charge is 0.320 e. The summed E-state index contributed by atoms with van der Waals surface area (Å²) < 4.78 is 0. The van der Waals surface area contributed by atoms with Gasteiger partial charge in [-0.3, -0.25) is 4.90 Å². The minimum Gasteiger partial charge on any atom is -0.395 e. The van der Waals surface area contributed by atoms with Crippen LogP contribution in [-0.2, 0) is 0 Å². The summed E-state index contributed by atoms with van der Waals surface area (Å²) in [5.41, 5.74) is 0.